The van der Waals surface area contributed by atoms with E-state index in [-0.39, 0.29) is 6.61 Å². The number of ether oxygens (including phenoxy) is 2. The van der Waals surface area contributed by atoms with Crippen LogP contribution in [0.5, 0.6) is 6.01 Å². The molecule has 0 radical (unpaired) electrons. The lowest BCUT2D eigenvalue weighted by atomic mass is 10.2. The molecule has 0 amide bonds. The molecule has 10 nitrogen and oxygen atoms in total. The Morgan fingerprint density at radius 1 is 1.06 bits per heavy atom. The van der Waals surface area contributed by atoms with Crippen molar-refractivity contribution in [1.29, 1.82) is 0 Å². The van der Waals surface area contributed by atoms with Gasteiger partial charge in [0.2, 0.25) is 0 Å². The molecule has 4 aromatic heterocycles. The molecule has 0 spiro atoms. The van der Waals surface area contributed by atoms with E-state index in [1.807, 2.05) is 50.0 Å². The van der Waals surface area contributed by atoms with Gasteiger partial charge in [-0.25, -0.2) is 9.67 Å². The van der Waals surface area contributed by atoms with Crippen LogP contribution in [0.1, 0.15) is 11.5 Å². The van der Waals surface area contributed by atoms with Gasteiger partial charge < -0.3 is 18.9 Å². The number of anilines is 1. The number of morpholine rings is 1. The summed E-state index contributed by atoms with van der Waals surface area (Å²) in [6.07, 6.45) is 3.70. The fraction of sp³-hybridized carbons (Fsp3) is 0.381. The number of aromatic nitrogens is 7. The molecule has 31 heavy (non-hydrogen) atoms. The van der Waals surface area contributed by atoms with Crippen LogP contribution in [0.3, 0.4) is 0 Å². The SMILES string of the molecule is Cc1nn(C)c2nc(OCc3nc(-c4ccccn4)cn3C)nc(N3CCOCC3)c12. The highest BCUT2D eigenvalue weighted by atomic mass is 16.5. The van der Waals surface area contributed by atoms with Crippen molar-refractivity contribution in [1.82, 2.24) is 34.3 Å². The van der Waals surface area contributed by atoms with Crippen molar-refractivity contribution in [3.63, 3.8) is 0 Å². The van der Waals surface area contributed by atoms with Crippen molar-refractivity contribution < 1.29 is 9.47 Å². The molecule has 4 aromatic rings. The molecule has 1 aliphatic rings. The van der Waals surface area contributed by atoms with Gasteiger partial charge in [0.05, 0.1) is 30.0 Å². The summed E-state index contributed by atoms with van der Waals surface area (Å²) in [6.45, 7) is 5.10. The Morgan fingerprint density at radius 3 is 2.68 bits per heavy atom. The number of hydrogen-bond acceptors (Lipinski definition) is 8. The van der Waals surface area contributed by atoms with Crippen molar-refractivity contribution >= 4 is 16.9 Å². The zero-order chi connectivity index (χ0) is 21.4. The van der Waals surface area contributed by atoms with E-state index >= 15 is 0 Å². The number of pyridine rings is 1. The number of imidazole rings is 1. The highest BCUT2D eigenvalue weighted by molar-refractivity contribution is 5.90. The van der Waals surface area contributed by atoms with E-state index in [1.165, 1.54) is 0 Å². The standard InChI is InChI=1S/C21H24N8O2/c1-14-18-19(28(3)26-14)24-21(25-20(18)29-8-10-30-11-9-29)31-13-17-23-16(12-27(17)2)15-6-4-5-7-22-15/h4-7,12H,8-11,13H2,1-3H3. The summed E-state index contributed by atoms with van der Waals surface area (Å²) in [5, 5.41) is 5.48. The van der Waals surface area contributed by atoms with Crippen molar-refractivity contribution in [3.8, 4) is 17.4 Å². The Balaban J connectivity index is 1.45. The molecule has 1 saturated heterocycles. The van der Waals surface area contributed by atoms with Crippen molar-refractivity contribution in [3.05, 3.63) is 42.1 Å². The average Bonchev–Trinajstić information content (AvgIpc) is 3.32. The van der Waals surface area contributed by atoms with Crippen LogP contribution in [0.15, 0.2) is 30.6 Å². The normalized spacial score (nSPS) is 14.4. The predicted molar refractivity (Wildman–Crippen MR) is 115 cm³/mol. The number of rotatable bonds is 5. The van der Waals surface area contributed by atoms with Gasteiger partial charge in [0.15, 0.2) is 5.65 Å². The largest absolute Gasteiger partial charge is 0.455 e. The van der Waals surface area contributed by atoms with Crippen molar-refractivity contribution in [2.75, 3.05) is 31.2 Å². The third kappa shape index (κ3) is 3.70. The molecule has 1 aliphatic heterocycles. The molecule has 0 unspecified atom stereocenters. The molecule has 160 valence electrons. The quantitative estimate of drug-likeness (QED) is 0.483. The molecule has 5 heterocycles. The van der Waals surface area contributed by atoms with Gasteiger partial charge in [-0.15, -0.1) is 0 Å². The Hall–Kier alpha value is -3.53. The Morgan fingerprint density at radius 2 is 1.90 bits per heavy atom. The van der Waals surface area contributed by atoms with Gasteiger partial charge in [0.25, 0.3) is 0 Å². The third-order valence-corrected chi connectivity index (χ3v) is 5.36. The van der Waals surface area contributed by atoms with Crippen LogP contribution in [0.4, 0.5) is 5.82 Å². The summed E-state index contributed by atoms with van der Waals surface area (Å²) in [5.41, 5.74) is 3.27. The molecule has 0 atom stereocenters. The van der Waals surface area contributed by atoms with Crippen molar-refractivity contribution in [2.45, 2.75) is 13.5 Å². The van der Waals surface area contributed by atoms with E-state index in [0.29, 0.717) is 19.2 Å². The lowest BCUT2D eigenvalue weighted by Gasteiger charge is -2.28. The van der Waals surface area contributed by atoms with Gasteiger partial charge in [0.1, 0.15) is 23.9 Å². The van der Waals surface area contributed by atoms with Crippen LogP contribution in [-0.4, -0.2) is 60.6 Å². The van der Waals surface area contributed by atoms with Crippen molar-refractivity contribution in [2.24, 2.45) is 14.1 Å². The van der Waals surface area contributed by atoms with E-state index in [0.717, 1.165) is 52.8 Å². The van der Waals surface area contributed by atoms with E-state index in [2.05, 4.69) is 25.0 Å². The summed E-state index contributed by atoms with van der Waals surface area (Å²) in [4.78, 5) is 20.6. The van der Waals surface area contributed by atoms with Gasteiger partial charge in [0, 0.05) is 39.6 Å². The maximum atomic E-state index is 6.00. The van der Waals surface area contributed by atoms with Gasteiger partial charge in [-0.2, -0.15) is 15.1 Å². The molecule has 1 fully saturated rings. The maximum Gasteiger partial charge on any atom is 0.320 e. The zero-order valence-electron chi connectivity index (χ0n) is 17.8. The van der Waals surface area contributed by atoms with E-state index in [1.54, 1.807) is 10.9 Å². The van der Waals surface area contributed by atoms with Crippen LogP contribution >= 0.6 is 0 Å². The van der Waals surface area contributed by atoms with Crippen LogP contribution < -0.4 is 9.64 Å². The van der Waals surface area contributed by atoms with Gasteiger partial charge in [-0.05, 0) is 19.1 Å². The summed E-state index contributed by atoms with van der Waals surface area (Å²) in [5.74, 6) is 1.60. The zero-order valence-corrected chi connectivity index (χ0v) is 17.8. The molecule has 0 bridgehead atoms. The molecular weight excluding hydrogens is 396 g/mol. The molecule has 0 aromatic carbocycles. The molecule has 0 N–H and O–H groups in total. The first kappa shape index (κ1) is 19.4. The minimum atomic E-state index is 0.244. The minimum Gasteiger partial charge on any atom is -0.455 e. The van der Waals surface area contributed by atoms with E-state index in [4.69, 9.17) is 14.5 Å². The minimum absolute atomic E-state index is 0.244. The summed E-state index contributed by atoms with van der Waals surface area (Å²) >= 11 is 0. The van der Waals surface area contributed by atoms with Crippen LogP contribution in [0, 0.1) is 6.92 Å². The van der Waals surface area contributed by atoms with E-state index < -0.39 is 0 Å². The number of hydrogen-bond donors (Lipinski definition) is 0. The Kier molecular flexibility index (Phi) is 4.99. The summed E-state index contributed by atoms with van der Waals surface area (Å²) in [7, 11) is 3.82. The molecular formula is C21H24N8O2. The Bertz CT molecular complexity index is 1210. The first-order valence-electron chi connectivity index (χ1n) is 10.2. The fourth-order valence-electron chi connectivity index (χ4n) is 3.77. The molecule has 10 heteroatoms. The fourth-order valence-corrected chi connectivity index (χ4v) is 3.77. The highest BCUT2D eigenvalue weighted by Gasteiger charge is 2.22. The predicted octanol–water partition coefficient (Wildman–Crippen LogP) is 1.88. The lowest BCUT2D eigenvalue weighted by Crippen LogP contribution is -2.37. The van der Waals surface area contributed by atoms with Crippen LogP contribution in [0.2, 0.25) is 0 Å². The third-order valence-electron chi connectivity index (χ3n) is 5.36. The second-order valence-electron chi connectivity index (χ2n) is 7.49. The molecule has 0 saturated carbocycles. The average molecular weight is 420 g/mol. The smallest absolute Gasteiger partial charge is 0.320 e. The number of nitrogens with zero attached hydrogens (tertiary/aromatic N) is 8. The summed E-state index contributed by atoms with van der Waals surface area (Å²) < 4.78 is 15.2. The maximum absolute atomic E-state index is 6.00. The topological polar surface area (TPSA) is 96.0 Å². The van der Waals surface area contributed by atoms with Gasteiger partial charge >= 0.3 is 6.01 Å². The summed E-state index contributed by atoms with van der Waals surface area (Å²) in [6, 6.07) is 6.07. The molecule has 0 aliphatic carbocycles. The lowest BCUT2D eigenvalue weighted by molar-refractivity contribution is 0.122. The van der Waals surface area contributed by atoms with Crippen LogP contribution in [-0.2, 0) is 25.4 Å². The second kappa shape index (κ2) is 7.95. The first-order chi connectivity index (χ1) is 15.1. The van der Waals surface area contributed by atoms with Crippen LogP contribution in [0.25, 0.3) is 22.4 Å². The molecule has 5 rings (SSSR count). The second-order valence-corrected chi connectivity index (χ2v) is 7.49. The van der Waals surface area contributed by atoms with Gasteiger partial charge in [-0.3, -0.25) is 4.98 Å². The first-order valence-corrected chi connectivity index (χ1v) is 10.2. The number of fused-ring (bicyclic) bond motifs is 1. The highest BCUT2D eigenvalue weighted by Crippen LogP contribution is 2.29. The monoisotopic (exact) mass is 420 g/mol. The number of aryl methyl sites for hydroxylation is 3. The van der Waals surface area contributed by atoms with Gasteiger partial charge in [-0.1, -0.05) is 6.07 Å². The van der Waals surface area contributed by atoms with E-state index in [9.17, 15) is 0 Å². The Labute approximate surface area is 179 Å².